The fourth-order valence-electron chi connectivity index (χ4n) is 5.04. The summed E-state index contributed by atoms with van der Waals surface area (Å²) in [7, 11) is -3.77. The van der Waals surface area contributed by atoms with Gasteiger partial charge in [-0.3, -0.25) is 4.72 Å². The van der Waals surface area contributed by atoms with E-state index >= 15 is 8.78 Å². The van der Waals surface area contributed by atoms with Crippen molar-refractivity contribution in [2.45, 2.75) is 19.8 Å². The molecule has 1 N–H and O–H groups in total. The van der Waals surface area contributed by atoms with Crippen LogP contribution in [0.15, 0.2) is 49.2 Å². The predicted octanol–water partition coefficient (Wildman–Crippen LogP) is 4.05. The molecule has 0 radical (unpaired) electrons. The minimum atomic E-state index is -3.77. The SMILES string of the molecule is CCN1CCN(c2ccc3c(n2)c(-c2cncnc2)cn3-c2c(F)ccc(NS(=O)(=O)CC3CC3)c2F)CC1. The lowest BCUT2D eigenvalue weighted by Gasteiger charge is -2.34. The molecule has 12 heteroatoms. The van der Waals surface area contributed by atoms with Crippen LogP contribution in [0.1, 0.15) is 19.8 Å². The van der Waals surface area contributed by atoms with Crippen molar-refractivity contribution >= 4 is 32.6 Å². The first-order valence-corrected chi connectivity index (χ1v) is 14.7. The van der Waals surface area contributed by atoms with E-state index in [0.29, 0.717) is 22.2 Å². The van der Waals surface area contributed by atoms with E-state index in [9.17, 15) is 8.42 Å². The van der Waals surface area contributed by atoms with Crippen molar-refractivity contribution in [3.63, 3.8) is 0 Å². The number of hydrogen-bond donors (Lipinski definition) is 1. The Balaban J connectivity index is 1.45. The van der Waals surface area contributed by atoms with Gasteiger partial charge in [0.2, 0.25) is 10.0 Å². The summed E-state index contributed by atoms with van der Waals surface area (Å²) in [5.41, 5.74) is 1.58. The maximum absolute atomic E-state index is 15.8. The Bertz CT molecular complexity index is 1620. The molecule has 0 bridgehead atoms. The number of pyridine rings is 1. The summed E-state index contributed by atoms with van der Waals surface area (Å²) in [6, 6.07) is 5.83. The zero-order valence-corrected chi connectivity index (χ0v) is 22.3. The lowest BCUT2D eigenvalue weighted by Crippen LogP contribution is -2.46. The minimum absolute atomic E-state index is 0.0804. The van der Waals surface area contributed by atoms with Crippen LogP contribution in [-0.4, -0.2) is 71.3 Å². The van der Waals surface area contributed by atoms with E-state index in [2.05, 4.69) is 31.4 Å². The second kappa shape index (κ2) is 10.2. The van der Waals surface area contributed by atoms with Crippen molar-refractivity contribution < 1.29 is 17.2 Å². The molecule has 6 rings (SSSR count). The van der Waals surface area contributed by atoms with Gasteiger partial charge in [-0.15, -0.1) is 0 Å². The Morgan fingerprint density at radius 1 is 1.03 bits per heavy atom. The van der Waals surface area contributed by atoms with Gasteiger partial charge in [-0.05, 0) is 49.6 Å². The molecule has 4 aromatic rings. The predicted molar refractivity (Wildman–Crippen MR) is 146 cm³/mol. The average molecular weight is 554 g/mol. The van der Waals surface area contributed by atoms with Gasteiger partial charge in [-0.2, -0.15) is 0 Å². The normalized spacial score (nSPS) is 16.6. The third-order valence-corrected chi connectivity index (χ3v) is 8.81. The van der Waals surface area contributed by atoms with Crippen LogP contribution in [0.5, 0.6) is 0 Å². The molecule has 0 amide bonds. The highest BCUT2D eigenvalue weighted by Gasteiger charge is 2.29. The average Bonchev–Trinajstić information content (AvgIpc) is 3.67. The summed E-state index contributed by atoms with van der Waals surface area (Å²) in [5.74, 6) is -1.05. The maximum atomic E-state index is 15.8. The van der Waals surface area contributed by atoms with Crippen molar-refractivity contribution in [1.29, 1.82) is 0 Å². The van der Waals surface area contributed by atoms with Crippen LogP contribution in [0.25, 0.3) is 27.8 Å². The lowest BCUT2D eigenvalue weighted by atomic mass is 10.1. The first kappa shape index (κ1) is 25.6. The number of benzene rings is 1. The molecule has 1 aliphatic carbocycles. The molecular formula is C27H29F2N7O2S. The van der Waals surface area contributed by atoms with E-state index in [4.69, 9.17) is 4.98 Å². The standard InChI is InChI=1S/C27H29F2N7O2S/c1-2-34-9-11-35(12-10-34)24-8-7-23-26(32-24)20(19-13-30-17-31-14-19)15-36(23)27-21(28)5-6-22(25(27)29)33-39(37,38)16-18-3-4-18/h5-8,13-15,17-18,33H,2-4,9-12,16H2,1H3. The monoisotopic (exact) mass is 553 g/mol. The number of fused-ring (bicyclic) bond motifs is 1. The summed E-state index contributed by atoms with van der Waals surface area (Å²) in [4.78, 5) is 17.7. The molecule has 1 saturated heterocycles. The molecule has 1 aromatic carbocycles. The van der Waals surface area contributed by atoms with Crippen LogP contribution in [-0.2, 0) is 10.0 Å². The largest absolute Gasteiger partial charge is 0.354 e. The molecule has 4 heterocycles. The van der Waals surface area contributed by atoms with Crippen molar-refractivity contribution in [3.8, 4) is 16.8 Å². The zero-order chi connectivity index (χ0) is 27.1. The highest BCUT2D eigenvalue weighted by Crippen LogP contribution is 2.36. The van der Waals surface area contributed by atoms with E-state index in [1.165, 1.54) is 10.9 Å². The maximum Gasteiger partial charge on any atom is 0.233 e. The Labute approximate surface area is 225 Å². The molecule has 0 atom stereocenters. The number of rotatable bonds is 8. The summed E-state index contributed by atoms with van der Waals surface area (Å²) in [5, 5.41) is 0. The molecule has 9 nitrogen and oxygen atoms in total. The fourth-order valence-corrected chi connectivity index (χ4v) is 6.57. The van der Waals surface area contributed by atoms with E-state index in [-0.39, 0.29) is 23.0 Å². The molecule has 3 aromatic heterocycles. The van der Waals surface area contributed by atoms with Gasteiger partial charge in [0.1, 0.15) is 23.6 Å². The minimum Gasteiger partial charge on any atom is -0.354 e. The lowest BCUT2D eigenvalue weighted by molar-refractivity contribution is 0.270. The number of anilines is 2. The quantitative estimate of drug-likeness (QED) is 0.352. The van der Waals surface area contributed by atoms with Gasteiger partial charge < -0.3 is 14.4 Å². The van der Waals surface area contributed by atoms with Crippen LogP contribution < -0.4 is 9.62 Å². The van der Waals surface area contributed by atoms with E-state index in [0.717, 1.165) is 63.5 Å². The molecular weight excluding hydrogens is 524 g/mol. The van der Waals surface area contributed by atoms with Crippen molar-refractivity contribution in [3.05, 3.63) is 60.8 Å². The van der Waals surface area contributed by atoms with Gasteiger partial charge in [0.15, 0.2) is 5.82 Å². The summed E-state index contributed by atoms with van der Waals surface area (Å²) in [6.07, 6.45) is 7.92. The van der Waals surface area contributed by atoms with Crippen LogP contribution >= 0.6 is 0 Å². The van der Waals surface area contributed by atoms with Crippen molar-refractivity contribution in [1.82, 2.24) is 24.4 Å². The third-order valence-electron chi connectivity index (χ3n) is 7.37. The number of piperazine rings is 1. The number of aromatic nitrogens is 4. The van der Waals surface area contributed by atoms with Gasteiger partial charge >= 0.3 is 0 Å². The van der Waals surface area contributed by atoms with Crippen molar-refractivity contribution in [2.24, 2.45) is 5.92 Å². The number of nitrogens with zero attached hydrogens (tertiary/aromatic N) is 6. The Morgan fingerprint density at radius 2 is 1.77 bits per heavy atom. The second-order valence-corrected chi connectivity index (χ2v) is 11.8. The molecule has 39 heavy (non-hydrogen) atoms. The summed E-state index contributed by atoms with van der Waals surface area (Å²) in [6.45, 7) is 6.63. The van der Waals surface area contributed by atoms with Crippen LogP contribution in [0.2, 0.25) is 0 Å². The zero-order valence-electron chi connectivity index (χ0n) is 21.5. The number of nitrogens with one attached hydrogen (secondary N) is 1. The van der Waals surface area contributed by atoms with E-state index < -0.39 is 21.7 Å². The van der Waals surface area contributed by atoms with E-state index in [1.807, 2.05) is 6.07 Å². The molecule has 0 spiro atoms. The summed E-state index contributed by atoms with van der Waals surface area (Å²) < 4.78 is 59.9. The number of likely N-dealkylation sites (N-methyl/N-ethyl adjacent to an activating group) is 1. The van der Waals surface area contributed by atoms with Gasteiger partial charge in [0.25, 0.3) is 0 Å². The Morgan fingerprint density at radius 3 is 2.46 bits per heavy atom. The highest BCUT2D eigenvalue weighted by atomic mass is 32.2. The van der Waals surface area contributed by atoms with Crippen molar-refractivity contribution in [2.75, 3.05) is 48.1 Å². The topological polar surface area (TPSA) is 96.2 Å². The molecule has 2 fully saturated rings. The molecule has 1 saturated carbocycles. The fraction of sp³-hybridized carbons (Fsp3) is 0.370. The molecule has 1 aliphatic heterocycles. The second-order valence-electron chi connectivity index (χ2n) is 10.1. The van der Waals surface area contributed by atoms with Gasteiger partial charge in [-0.25, -0.2) is 32.2 Å². The Hall–Kier alpha value is -3.64. The van der Waals surface area contributed by atoms with Gasteiger partial charge in [0, 0.05) is 55.9 Å². The smallest absolute Gasteiger partial charge is 0.233 e. The third kappa shape index (κ3) is 5.18. The number of hydrogen-bond acceptors (Lipinski definition) is 7. The molecule has 2 aliphatic rings. The number of sulfonamides is 1. The highest BCUT2D eigenvalue weighted by molar-refractivity contribution is 7.92. The van der Waals surface area contributed by atoms with Crippen LogP contribution in [0.3, 0.4) is 0 Å². The first-order valence-electron chi connectivity index (χ1n) is 13.1. The first-order chi connectivity index (χ1) is 18.8. The van der Waals surface area contributed by atoms with Crippen LogP contribution in [0, 0.1) is 17.6 Å². The van der Waals surface area contributed by atoms with E-state index in [1.54, 1.807) is 24.7 Å². The Kier molecular flexibility index (Phi) is 6.67. The molecule has 204 valence electrons. The number of halogens is 2. The molecule has 0 unspecified atom stereocenters. The summed E-state index contributed by atoms with van der Waals surface area (Å²) >= 11 is 0. The van der Waals surface area contributed by atoms with Gasteiger partial charge in [0.05, 0.1) is 22.5 Å². The van der Waals surface area contributed by atoms with Gasteiger partial charge in [-0.1, -0.05) is 6.92 Å². The van der Waals surface area contributed by atoms with Crippen LogP contribution in [0.4, 0.5) is 20.3 Å².